The highest BCUT2D eigenvalue weighted by molar-refractivity contribution is 5.86. The summed E-state index contributed by atoms with van der Waals surface area (Å²) in [5.74, 6) is 1.49. The average molecular weight is 429 g/mol. The minimum absolute atomic E-state index is 0.173. The van der Waals surface area contributed by atoms with Gasteiger partial charge in [-0.25, -0.2) is 9.97 Å². The van der Waals surface area contributed by atoms with E-state index in [-0.39, 0.29) is 5.92 Å². The van der Waals surface area contributed by atoms with Crippen molar-refractivity contribution in [2.75, 3.05) is 5.73 Å². The lowest BCUT2D eigenvalue weighted by atomic mass is 9.72. The van der Waals surface area contributed by atoms with E-state index in [9.17, 15) is 10.2 Å². The molecule has 2 aromatic heterocycles. The molecule has 0 radical (unpaired) electrons. The molecule has 32 heavy (non-hydrogen) atoms. The Morgan fingerprint density at radius 1 is 1.12 bits per heavy atom. The third kappa shape index (κ3) is 3.27. The number of rotatable bonds is 4. The lowest BCUT2D eigenvalue weighted by Gasteiger charge is -2.40. The number of benzene rings is 2. The van der Waals surface area contributed by atoms with Crippen LogP contribution >= 0.6 is 0 Å². The summed E-state index contributed by atoms with van der Waals surface area (Å²) >= 11 is 0. The number of aryl methyl sites for hydroxylation is 1. The highest BCUT2D eigenvalue weighted by Crippen LogP contribution is 2.45. The van der Waals surface area contributed by atoms with Crippen molar-refractivity contribution in [3.63, 3.8) is 0 Å². The normalized spacial score (nSPS) is 22.5. The van der Waals surface area contributed by atoms with Crippen LogP contribution in [-0.4, -0.2) is 30.2 Å². The smallest absolute Gasteiger partial charge is 0.150 e. The second kappa shape index (κ2) is 7.15. The van der Waals surface area contributed by atoms with Crippen molar-refractivity contribution in [1.82, 2.24) is 14.4 Å². The molecule has 4 aromatic rings. The van der Waals surface area contributed by atoms with Crippen LogP contribution in [0.25, 0.3) is 16.8 Å². The Morgan fingerprint density at radius 2 is 1.84 bits per heavy atom. The molecule has 1 saturated carbocycles. The van der Waals surface area contributed by atoms with E-state index in [0.717, 1.165) is 39.3 Å². The maximum Gasteiger partial charge on any atom is 0.150 e. The van der Waals surface area contributed by atoms with Crippen molar-refractivity contribution in [3.8, 4) is 11.3 Å². The number of hydrogen-bond donors (Lipinski definition) is 3. The lowest BCUT2D eigenvalue weighted by molar-refractivity contribution is -0.0335. The van der Waals surface area contributed by atoms with Crippen molar-refractivity contribution >= 4 is 11.3 Å². The summed E-state index contributed by atoms with van der Waals surface area (Å²) in [5, 5.41) is 21.5. The topological polar surface area (TPSA) is 96.7 Å². The van der Waals surface area contributed by atoms with Crippen LogP contribution in [0.5, 0.6) is 0 Å². The zero-order valence-corrected chi connectivity index (χ0v) is 18.6. The first-order chi connectivity index (χ1) is 15.2. The SMILES string of the molecule is Cc1cc(C(C)(O)c2ccccc2)ccc1-c1nc(C2CC(C)(O)C2)n2ccnc(N)c12. The van der Waals surface area contributed by atoms with Crippen molar-refractivity contribution in [1.29, 1.82) is 0 Å². The number of anilines is 1. The largest absolute Gasteiger partial charge is 0.390 e. The molecule has 1 atom stereocenters. The maximum absolute atomic E-state index is 11.3. The zero-order valence-electron chi connectivity index (χ0n) is 18.6. The van der Waals surface area contributed by atoms with Crippen molar-refractivity contribution in [2.45, 2.75) is 50.7 Å². The zero-order chi connectivity index (χ0) is 22.7. The Hall–Kier alpha value is -3.22. The number of aromatic nitrogens is 3. The van der Waals surface area contributed by atoms with Gasteiger partial charge in [-0.15, -0.1) is 0 Å². The van der Waals surface area contributed by atoms with Crippen LogP contribution in [-0.2, 0) is 5.60 Å². The lowest BCUT2D eigenvalue weighted by Crippen LogP contribution is -2.40. The van der Waals surface area contributed by atoms with Crippen LogP contribution < -0.4 is 5.73 Å². The summed E-state index contributed by atoms with van der Waals surface area (Å²) in [6.45, 7) is 5.69. The average Bonchev–Trinajstić information content (AvgIpc) is 3.13. The van der Waals surface area contributed by atoms with E-state index in [0.29, 0.717) is 18.7 Å². The molecule has 5 rings (SSSR count). The minimum atomic E-state index is -1.11. The number of hydrogen-bond acceptors (Lipinski definition) is 5. The van der Waals surface area contributed by atoms with Gasteiger partial charge in [0.05, 0.1) is 5.60 Å². The quantitative estimate of drug-likeness (QED) is 0.453. The van der Waals surface area contributed by atoms with Crippen LogP contribution in [0.15, 0.2) is 60.9 Å². The van der Waals surface area contributed by atoms with Crippen LogP contribution in [0, 0.1) is 6.92 Å². The van der Waals surface area contributed by atoms with Gasteiger partial charge in [-0.05, 0) is 50.3 Å². The molecule has 1 aliphatic carbocycles. The summed E-state index contributed by atoms with van der Waals surface area (Å²) < 4.78 is 2.01. The molecule has 0 spiro atoms. The summed E-state index contributed by atoms with van der Waals surface area (Å²) in [5.41, 5.74) is 9.69. The Kier molecular flexibility index (Phi) is 4.62. The van der Waals surface area contributed by atoms with Gasteiger partial charge in [-0.2, -0.15) is 0 Å². The van der Waals surface area contributed by atoms with Crippen molar-refractivity contribution in [3.05, 3.63) is 83.4 Å². The molecule has 6 heteroatoms. The highest BCUT2D eigenvalue weighted by Gasteiger charge is 2.42. The molecule has 1 unspecified atom stereocenters. The van der Waals surface area contributed by atoms with Crippen molar-refractivity contribution in [2.24, 2.45) is 0 Å². The molecule has 2 heterocycles. The van der Waals surface area contributed by atoms with E-state index in [1.807, 2.05) is 79.9 Å². The van der Waals surface area contributed by atoms with Crippen LogP contribution in [0.2, 0.25) is 0 Å². The van der Waals surface area contributed by atoms with E-state index in [2.05, 4.69) is 4.98 Å². The first-order valence-corrected chi connectivity index (χ1v) is 10.9. The molecule has 1 fully saturated rings. The predicted octanol–water partition coefficient (Wildman–Crippen LogP) is 4.17. The predicted molar refractivity (Wildman–Crippen MR) is 125 cm³/mol. The summed E-state index contributed by atoms with van der Waals surface area (Å²) in [6, 6.07) is 15.6. The Balaban J connectivity index is 1.61. The van der Waals surface area contributed by atoms with E-state index in [1.54, 1.807) is 6.20 Å². The fourth-order valence-corrected chi connectivity index (χ4v) is 4.91. The number of nitrogen functional groups attached to an aromatic ring is 1. The molecule has 0 saturated heterocycles. The van der Waals surface area contributed by atoms with Gasteiger partial charge < -0.3 is 15.9 Å². The summed E-state index contributed by atoms with van der Waals surface area (Å²) in [4.78, 5) is 9.28. The number of nitrogens with zero attached hydrogens (tertiary/aromatic N) is 3. The van der Waals surface area contributed by atoms with Gasteiger partial charge in [0, 0.05) is 23.9 Å². The number of nitrogens with two attached hydrogens (primary N) is 1. The molecule has 0 amide bonds. The van der Waals surface area contributed by atoms with Gasteiger partial charge in [-0.1, -0.05) is 48.5 Å². The molecule has 4 N–H and O–H groups in total. The monoisotopic (exact) mass is 428 g/mol. The minimum Gasteiger partial charge on any atom is -0.390 e. The Labute approximate surface area is 187 Å². The summed E-state index contributed by atoms with van der Waals surface area (Å²) in [6.07, 6.45) is 4.91. The first kappa shape index (κ1) is 20.7. The highest BCUT2D eigenvalue weighted by atomic mass is 16.3. The van der Waals surface area contributed by atoms with Gasteiger partial charge in [0.15, 0.2) is 0 Å². The standard InChI is InChI=1S/C26H28N4O2/c1-16-13-19(26(3,32)18-7-5-4-6-8-18)9-10-20(16)21-22-23(27)28-11-12-30(22)24(29-21)17-14-25(2,31)15-17/h4-13,17,31-32H,14-15H2,1-3H3,(H2,27,28). The number of imidazole rings is 1. The van der Waals surface area contributed by atoms with E-state index < -0.39 is 11.2 Å². The third-order valence-electron chi connectivity index (χ3n) is 6.73. The van der Waals surface area contributed by atoms with E-state index in [4.69, 9.17) is 10.7 Å². The van der Waals surface area contributed by atoms with Crippen LogP contribution in [0.3, 0.4) is 0 Å². The molecule has 2 aromatic carbocycles. The maximum atomic E-state index is 11.3. The first-order valence-electron chi connectivity index (χ1n) is 10.9. The molecule has 164 valence electrons. The molecular weight excluding hydrogens is 400 g/mol. The van der Waals surface area contributed by atoms with Gasteiger partial charge in [0.25, 0.3) is 0 Å². The number of fused-ring (bicyclic) bond motifs is 1. The van der Waals surface area contributed by atoms with E-state index in [1.165, 1.54) is 0 Å². The molecule has 6 nitrogen and oxygen atoms in total. The second-order valence-electron chi connectivity index (χ2n) is 9.42. The second-order valence-corrected chi connectivity index (χ2v) is 9.42. The van der Waals surface area contributed by atoms with Gasteiger partial charge in [0.2, 0.25) is 0 Å². The third-order valence-corrected chi connectivity index (χ3v) is 6.73. The van der Waals surface area contributed by atoms with Crippen LogP contribution in [0.1, 0.15) is 55.1 Å². The Morgan fingerprint density at radius 3 is 2.50 bits per heavy atom. The summed E-state index contributed by atoms with van der Waals surface area (Å²) in [7, 11) is 0. The fourth-order valence-electron chi connectivity index (χ4n) is 4.91. The van der Waals surface area contributed by atoms with Crippen LogP contribution in [0.4, 0.5) is 5.82 Å². The van der Waals surface area contributed by atoms with Gasteiger partial charge in [-0.3, -0.25) is 4.40 Å². The number of aliphatic hydroxyl groups is 2. The molecular formula is C26H28N4O2. The van der Waals surface area contributed by atoms with E-state index >= 15 is 0 Å². The fraction of sp³-hybridized carbons (Fsp3) is 0.308. The Bertz CT molecular complexity index is 1300. The molecule has 0 bridgehead atoms. The molecule has 1 aliphatic rings. The van der Waals surface area contributed by atoms with Gasteiger partial charge >= 0.3 is 0 Å². The molecule has 0 aliphatic heterocycles. The van der Waals surface area contributed by atoms with Crippen molar-refractivity contribution < 1.29 is 10.2 Å². The van der Waals surface area contributed by atoms with Gasteiger partial charge in [0.1, 0.15) is 28.5 Å².